The van der Waals surface area contributed by atoms with E-state index in [0.29, 0.717) is 0 Å². The molecule has 0 amide bonds. The molecule has 0 N–H and O–H groups in total. The van der Waals surface area contributed by atoms with E-state index in [1.165, 1.54) is 80.2 Å². The molecule has 0 saturated heterocycles. The Hall–Kier alpha value is -1.34. The Morgan fingerprint density at radius 3 is 1.67 bits per heavy atom. The third-order valence-electron chi connectivity index (χ3n) is 6.06. The molecule has 1 aliphatic carbocycles. The van der Waals surface area contributed by atoms with Crippen LogP contribution in [0.2, 0.25) is 0 Å². The summed E-state index contributed by atoms with van der Waals surface area (Å²) in [7, 11) is 2.30. The first-order valence-electron chi connectivity index (χ1n) is 12.1. The highest BCUT2D eigenvalue weighted by atomic mass is 15.2. The number of allylic oxidation sites excluding steroid dienone is 8. The second kappa shape index (κ2) is 14.6. The summed E-state index contributed by atoms with van der Waals surface area (Å²) in [6, 6.07) is 0.765. The first-order valence-corrected chi connectivity index (χ1v) is 12.1. The molecule has 1 fully saturated rings. The van der Waals surface area contributed by atoms with Gasteiger partial charge in [-0.2, -0.15) is 0 Å². The van der Waals surface area contributed by atoms with Crippen molar-refractivity contribution in [1.29, 1.82) is 0 Å². The van der Waals surface area contributed by atoms with Crippen LogP contribution in [0, 0.1) is 5.92 Å². The Bertz CT molecular complexity index is 648. The fraction of sp³-hybridized carbons (Fsp3) is 0.655. The highest BCUT2D eigenvalue weighted by Gasteiger charge is 2.37. The Labute approximate surface area is 188 Å². The van der Waals surface area contributed by atoms with Gasteiger partial charge in [0, 0.05) is 12.6 Å². The number of hydrogen-bond donors (Lipinski definition) is 0. The summed E-state index contributed by atoms with van der Waals surface area (Å²) in [5.41, 5.74) is 7.49. The molecule has 2 atom stereocenters. The van der Waals surface area contributed by atoms with Crippen molar-refractivity contribution in [2.24, 2.45) is 5.92 Å². The summed E-state index contributed by atoms with van der Waals surface area (Å²) in [5.74, 6) is 0.778. The van der Waals surface area contributed by atoms with Crippen LogP contribution in [-0.4, -0.2) is 24.5 Å². The standard InChI is InChI=1S/C29H49N/c1-23(2)13-9-15-25(5)17-11-18-27(7)21-28-22-29(28)30(8)20-12-19-26(6)16-10-14-24(3)4/h13-14,17,19,21,28-29H,9-12,15-16,18,20,22H2,1-8H3. The van der Waals surface area contributed by atoms with Crippen LogP contribution in [0.25, 0.3) is 0 Å². The van der Waals surface area contributed by atoms with Gasteiger partial charge in [0.1, 0.15) is 0 Å². The van der Waals surface area contributed by atoms with E-state index < -0.39 is 0 Å². The van der Waals surface area contributed by atoms with Crippen molar-refractivity contribution < 1.29 is 0 Å². The molecule has 0 radical (unpaired) electrons. The predicted molar refractivity (Wildman–Crippen MR) is 137 cm³/mol. The minimum Gasteiger partial charge on any atom is -0.303 e. The molecule has 0 bridgehead atoms. The van der Waals surface area contributed by atoms with Gasteiger partial charge in [-0.05, 0) is 113 Å². The Morgan fingerprint density at radius 1 is 0.667 bits per heavy atom. The second-order valence-electron chi connectivity index (χ2n) is 10.0. The van der Waals surface area contributed by atoms with Crippen molar-refractivity contribution >= 4 is 0 Å². The number of hydrogen-bond acceptors (Lipinski definition) is 1. The molecule has 0 heterocycles. The molecule has 170 valence electrons. The van der Waals surface area contributed by atoms with Crippen LogP contribution >= 0.6 is 0 Å². The van der Waals surface area contributed by atoms with Gasteiger partial charge in [0.25, 0.3) is 0 Å². The van der Waals surface area contributed by atoms with Crippen molar-refractivity contribution in [3.63, 3.8) is 0 Å². The van der Waals surface area contributed by atoms with E-state index in [4.69, 9.17) is 0 Å². The van der Waals surface area contributed by atoms with E-state index >= 15 is 0 Å². The summed E-state index contributed by atoms with van der Waals surface area (Å²) >= 11 is 0. The number of nitrogens with zero attached hydrogens (tertiary/aromatic N) is 1. The Balaban J connectivity index is 2.26. The maximum Gasteiger partial charge on any atom is 0.0162 e. The number of rotatable bonds is 14. The molecule has 0 aliphatic heterocycles. The van der Waals surface area contributed by atoms with Crippen molar-refractivity contribution in [2.45, 2.75) is 106 Å². The molecule has 1 saturated carbocycles. The van der Waals surface area contributed by atoms with Crippen LogP contribution in [-0.2, 0) is 0 Å². The first kappa shape index (κ1) is 26.7. The van der Waals surface area contributed by atoms with E-state index in [0.717, 1.165) is 12.0 Å². The zero-order valence-electron chi connectivity index (χ0n) is 21.4. The molecule has 1 heteroatoms. The van der Waals surface area contributed by atoms with Crippen molar-refractivity contribution in [3.8, 4) is 0 Å². The van der Waals surface area contributed by atoms with Gasteiger partial charge in [0.15, 0.2) is 0 Å². The van der Waals surface area contributed by atoms with Gasteiger partial charge in [-0.1, -0.05) is 58.2 Å². The SMILES string of the molecule is CC(C)=CCCC(C)=CCCC(C)=CC1CC1N(C)CCC=C(C)CCC=C(C)C. The average Bonchev–Trinajstić information content (AvgIpc) is 3.40. The zero-order chi connectivity index (χ0) is 22.5. The van der Waals surface area contributed by atoms with Crippen LogP contribution in [0.3, 0.4) is 0 Å². The maximum absolute atomic E-state index is 2.57. The van der Waals surface area contributed by atoms with E-state index in [1.807, 2.05) is 0 Å². The molecule has 0 aromatic rings. The van der Waals surface area contributed by atoms with Gasteiger partial charge < -0.3 is 4.90 Å². The molecule has 1 nitrogen and oxygen atoms in total. The largest absolute Gasteiger partial charge is 0.303 e. The van der Waals surface area contributed by atoms with Gasteiger partial charge >= 0.3 is 0 Å². The summed E-state index contributed by atoms with van der Waals surface area (Å²) in [6.45, 7) is 16.8. The third kappa shape index (κ3) is 13.1. The fourth-order valence-electron chi connectivity index (χ4n) is 3.94. The molecule has 2 unspecified atom stereocenters. The molecular formula is C29H49N. The summed E-state index contributed by atoms with van der Waals surface area (Å²) < 4.78 is 0. The van der Waals surface area contributed by atoms with Gasteiger partial charge in [-0.3, -0.25) is 0 Å². The van der Waals surface area contributed by atoms with Crippen LogP contribution in [0.4, 0.5) is 0 Å². The highest BCUT2D eigenvalue weighted by molar-refractivity contribution is 5.13. The smallest absolute Gasteiger partial charge is 0.0162 e. The monoisotopic (exact) mass is 411 g/mol. The lowest BCUT2D eigenvalue weighted by atomic mass is 10.1. The summed E-state index contributed by atoms with van der Waals surface area (Å²) in [4.78, 5) is 2.57. The zero-order valence-corrected chi connectivity index (χ0v) is 21.4. The van der Waals surface area contributed by atoms with E-state index in [-0.39, 0.29) is 0 Å². The molecule has 0 aromatic carbocycles. The normalized spacial score (nSPS) is 19.8. The minimum atomic E-state index is 0.765. The van der Waals surface area contributed by atoms with Crippen LogP contribution in [0.1, 0.15) is 99.8 Å². The van der Waals surface area contributed by atoms with Gasteiger partial charge in [-0.15, -0.1) is 0 Å². The van der Waals surface area contributed by atoms with E-state index in [2.05, 4.69) is 90.8 Å². The third-order valence-corrected chi connectivity index (χ3v) is 6.06. The lowest BCUT2D eigenvalue weighted by Crippen LogP contribution is -2.23. The van der Waals surface area contributed by atoms with E-state index in [1.54, 1.807) is 5.57 Å². The molecule has 0 aromatic heterocycles. The first-order chi connectivity index (χ1) is 14.2. The lowest BCUT2D eigenvalue weighted by Gasteiger charge is -2.15. The minimum absolute atomic E-state index is 0.765. The maximum atomic E-state index is 2.57. The highest BCUT2D eigenvalue weighted by Crippen LogP contribution is 2.37. The van der Waals surface area contributed by atoms with Gasteiger partial charge in [0.2, 0.25) is 0 Å². The van der Waals surface area contributed by atoms with Crippen molar-refractivity contribution in [1.82, 2.24) is 4.90 Å². The van der Waals surface area contributed by atoms with Crippen molar-refractivity contribution in [3.05, 3.63) is 58.2 Å². The Morgan fingerprint density at radius 2 is 1.13 bits per heavy atom. The van der Waals surface area contributed by atoms with Crippen LogP contribution < -0.4 is 0 Å². The molecule has 30 heavy (non-hydrogen) atoms. The second-order valence-corrected chi connectivity index (χ2v) is 10.0. The topological polar surface area (TPSA) is 3.24 Å². The quantitative estimate of drug-likeness (QED) is 0.258. The van der Waals surface area contributed by atoms with Crippen LogP contribution in [0.15, 0.2) is 58.2 Å². The molecule has 0 spiro atoms. The molecule has 1 rings (SSSR count). The van der Waals surface area contributed by atoms with Gasteiger partial charge in [0.05, 0.1) is 0 Å². The molecular weight excluding hydrogens is 362 g/mol. The predicted octanol–water partition coefficient (Wildman–Crippen LogP) is 8.81. The Kier molecular flexibility index (Phi) is 13.0. The average molecular weight is 412 g/mol. The van der Waals surface area contributed by atoms with Crippen molar-refractivity contribution in [2.75, 3.05) is 13.6 Å². The fourth-order valence-corrected chi connectivity index (χ4v) is 3.94. The summed E-state index contributed by atoms with van der Waals surface area (Å²) in [6.07, 6.45) is 21.8. The summed E-state index contributed by atoms with van der Waals surface area (Å²) in [5, 5.41) is 0. The van der Waals surface area contributed by atoms with Gasteiger partial charge in [-0.25, -0.2) is 0 Å². The van der Waals surface area contributed by atoms with Crippen LogP contribution in [0.5, 0.6) is 0 Å². The van der Waals surface area contributed by atoms with E-state index in [9.17, 15) is 0 Å². The lowest BCUT2D eigenvalue weighted by molar-refractivity contribution is 0.322. The molecule has 1 aliphatic rings.